The van der Waals surface area contributed by atoms with E-state index in [2.05, 4.69) is 0 Å². The van der Waals surface area contributed by atoms with Gasteiger partial charge >= 0.3 is 0 Å². The molecule has 4 aromatic rings. The first kappa shape index (κ1) is 19.3. The van der Waals surface area contributed by atoms with Crippen molar-refractivity contribution in [2.45, 2.75) is 33.2 Å². The topological polar surface area (TPSA) is 52.0 Å². The lowest BCUT2D eigenvalue weighted by Gasteiger charge is -2.12. The van der Waals surface area contributed by atoms with E-state index in [1.54, 1.807) is 11.5 Å². The van der Waals surface area contributed by atoms with E-state index >= 15 is 0 Å². The van der Waals surface area contributed by atoms with Crippen LogP contribution in [0.25, 0.3) is 21.3 Å². The lowest BCUT2D eigenvalue weighted by molar-refractivity contribution is -0.117. The largest absolute Gasteiger partial charge is 0.300 e. The van der Waals surface area contributed by atoms with Gasteiger partial charge in [0.1, 0.15) is 16.4 Å². The number of thiophene rings is 1. The maximum absolute atomic E-state index is 13.5. The molecule has 0 bridgehead atoms. The molecular weight excluding hydrogens is 380 g/mol. The van der Waals surface area contributed by atoms with E-state index in [1.165, 1.54) is 16.9 Å². The second-order valence-electron chi connectivity index (χ2n) is 7.29. The summed E-state index contributed by atoms with van der Waals surface area (Å²) in [6.45, 7) is 3.94. The van der Waals surface area contributed by atoms with E-state index in [1.807, 2.05) is 66.9 Å². The van der Waals surface area contributed by atoms with Gasteiger partial charge in [-0.15, -0.1) is 11.3 Å². The number of benzene rings is 2. The van der Waals surface area contributed by atoms with Gasteiger partial charge in [-0.2, -0.15) is 0 Å². The Hall–Kier alpha value is -3.05. The van der Waals surface area contributed by atoms with Crippen LogP contribution in [0.3, 0.4) is 0 Å². The molecule has 0 saturated heterocycles. The second kappa shape index (κ2) is 8.13. The van der Waals surface area contributed by atoms with Crippen LogP contribution in [0, 0.1) is 6.92 Å². The van der Waals surface area contributed by atoms with Crippen LogP contribution < -0.4 is 5.56 Å². The maximum Gasteiger partial charge on any atom is 0.262 e. The highest BCUT2D eigenvalue weighted by Gasteiger charge is 2.17. The van der Waals surface area contributed by atoms with Crippen molar-refractivity contribution in [3.05, 3.63) is 87.3 Å². The minimum absolute atomic E-state index is 0.0618. The van der Waals surface area contributed by atoms with Crippen LogP contribution in [0.2, 0.25) is 0 Å². The van der Waals surface area contributed by atoms with E-state index in [-0.39, 0.29) is 11.3 Å². The maximum atomic E-state index is 13.5. The monoisotopic (exact) mass is 402 g/mol. The van der Waals surface area contributed by atoms with Crippen molar-refractivity contribution in [3.63, 3.8) is 0 Å². The third-order valence-electron chi connectivity index (χ3n) is 5.03. The fourth-order valence-electron chi connectivity index (χ4n) is 3.43. The normalized spacial score (nSPS) is 11.1. The van der Waals surface area contributed by atoms with Gasteiger partial charge in [-0.1, -0.05) is 60.2 Å². The van der Waals surface area contributed by atoms with Gasteiger partial charge in [-0.05, 0) is 25.0 Å². The molecule has 0 fully saturated rings. The smallest absolute Gasteiger partial charge is 0.262 e. The van der Waals surface area contributed by atoms with Crippen LogP contribution in [0.4, 0.5) is 0 Å². The highest BCUT2D eigenvalue weighted by molar-refractivity contribution is 7.17. The van der Waals surface area contributed by atoms with Gasteiger partial charge in [0.15, 0.2) is 0 Å². The summed E-state index contributed by atoms with van der Waals surface area (Å²) in [5.41, 5.74) is 4.11. The first-order valence-electron chi connectivity index (χ1n) is 9.64. The SMILES string of the molecule is CC(=O)CCn1c(Cc2ccccc2)nc2scc(-c3ccc(C)cc3)c2c1=O. The Morgan fingerprint density at radius 2 is 1.79 bits per heavy atom. The van der Waals surface area contributed by atoms with Crippen LogP contribution in [0.15, 0.2) is 64.8 Å². The Kier molecular flexibility index (Phi) is 5.41. The quantitative estimate of drug-likeness (QED) is 0.456. The summed E-state index contributed by atoms with van der Waals surface area (Å²) in [6, 6.07) is 18.1. The molecule has 5 heteroatoms. The molecule has 0 amide bonds. The molecule has 29 heavy (non-hydrogen) atoms. The standard InChI is InChI=1S/C24H22N2O2S/c1-16-8-10-19(11-9-16)20-15-29-23-22(20)24(28)26(13-12-17(2)27)21(25-23)14-18-6-4-3-5-7-18/h3-11,15H,12-14H2,1-2H3. The molecule has 2 aromatic heterocycles. The van der Waals surface area contributed by atoms with Crippen molar-refractivity contribution >= 4 is 27.3 Å². The molecule has 0 atom stereocenters. The molecule has 2 heterocycles. The fraction of sp³-hybridized carbons (Fsp3) is 0.208. The molecule has 0 aliphatic heterocycles. The van der Waals surface area contributed by atoms with Crippen LogP contribution >= 0.6 is 11.3 Å². The number of carbonyl (C=O) groups excluding carboxylic acids is 1. The highest BCUT2D eigenvalue weighted by Crippen LogP contribution is 2.31. The summed E-state index contributed by atoms with van der Waals surface area (Å²) in [4.78, 5) is 30.7. The van der Waals surface area contributed by atoms with E-state index in [4.69, 9.17) is 4.98 Å². The van der Waals surface area contributed by atoms with Gasteiger partial charge in [0.05, 0.1) is 5.39 Å². The first-order chi connectivity index (χ1) is 14.0. The number of nitrogens with zero attached hydrogens (tertiary/aromatic N) is 2. The number of aromatic nitrogens is 2. The number of hydrogen-bond donors (Lipinski definition) is 0. The van der Waals surface area contributed by atoms with Gasteiger partial charge < -0.3 is 0 Å². The van der Waals surface area contributed by atoms with Gasteiger partial charge in [-0.3, -0.25) is 14.2 Å². The number of hydrogen-bond acceptors (Lipinski definition) is 4. The summed E-state index contributed by atoms with van der Waals surface area (Å²) in [6.07, 6.45) is 0.876. The van der Waals surface area contributed by atoms with Crippen LogP contribution in [-0.2, 0) is 17.8 Å². The van der Waals surface area contributed by atoms with Crippen molar-refractivity contribution in [2.24, 2.45) is 0 Å². The van der Waals surface area contributed by atoms with Gasteiger partial charge in [0.25, 0.3) is 5.56 Å². The Bertz CT molecular complexity index is 1220. The number of Topliss-reactive ketones (excluding diaryl/α,β-unsaturated/α-hetero) is 1. The molecule has 0 aliphatic carbocycles. The number of rotatable bonds is 6. The minimum atomic E-state index is -0.0704. The van der Waals surface area contributed by atoms with Gasteiger partial charge in [0, 0.05) is 30.3 Å². The Labute approximate surface area is 173 Å². The van der Waals surface area contributed by atoms with Crippen molar-refractivity contribution in [1.82, 2.24) is 9.55 Å². The number of carbonyl (C=O) groups is 1. The lowest BCUT2D eigenvalue weighted by atomic mass is 10.0. The van der Waals surface area contributed by atoms with E-state index in [0.29, 0.717) is 30.6 Å². The molecule has 0 saturated carbocycles. The first-order valence-corrected chi connectivity index (χ1v) is 10.5. The van der Waals surface area contributed by atoms with Crippen LogP contribution in [0.1, 0.15) is 30.3 Å². The van der Waals surface area contributed by atoms with Crippen LogP contribution in [0.5, 0.6) is 0 Å². The molecule has 0 spiro atoms. The zero-order valence-electron chi connectivity index (χ0n) is 16.5. The molecule has 2 aromatic carbocycles. The average Bonchev–Trinajstić information content (AvgIpc) is 3.13. The summed E-state index contributed by atoms with van der Waals surface area (Å²) in [5, 5.41) is 2.64. The summed E-state index contributed by atoms with van der Waals surface area (Å²) >= 11 is 1.49. The molecule has 4 rings (SSSR count). The third-order valence-corrected chi connectivity index (χ3v) is 5.90. The fourth-order valence-corrected chi connectivity index (χ4v) is 4.38. The highest BCUT2D eigenvalue weighted by atomic mass is 32.1. The Morgan fingerprint density at radius 1 is 1.07 bits per heavy atom. The van der Waals surface area contributed by atoms with E-state index < -0.39 is 0 Å². The van der Waals surface area contributed by atoms with Gasteiger partial charge in [-0.25, -0.2) is 4.98 Å². The number of ketones is 1. The number of aryl methyl sites for hydroxylation is 1. The molecule has 0 N–H and O–H groups in total. The van der Waals surface area contributed by atoms with Gasteiger partial charge in [0.2, 0.25) is 0 Å². The molecule has 0 aliphatic rings. The summed E-state index contributed by atoms with van der Waals surface area (Å²) < 4.78 is 1.68. The lowest BCUT2D eigenvalue weighted by Crippen LogP contribution is -2.26. The Morgan fingerprint density at radius 3 is 2.48 bits per heavy atom. The molecular formula is C24H22N2O2S. The number of fused-ring (bicyclic) bond motifs is 1. The minimum Gasteiger partial charge on any atom is -0.300 e. The zero-order valence-corrected chi connectivity index (χ0v) is 17.3. The summed E-state index contributed by atoms with van der Waals surface area (Å²) in [7, 11) is 0. The van der Waals surface area contributed by atoms with Crippen molar-refractivity contribution in [3.8, 4) is 11.1 Å². The molecule has 4 nitrogen and oxygen atoms in total. The molecule has 0 radical (unpaired) electrons. The Balaban J connectivity index is 1.87. The van der Waals surface area contributed by atoms with Crippen molar-refractivity contribution in [2.75, 3.05) is 0 Å². The second-order valence-corrected chi connectivity index (χ2v) is 8.15. The van der Waals surface area contributed by atoms with Crippen LogP contribution in [-0.4, -0.2) is 15.3 Å². The van der Waals surface area contributed by atoms with Crippen molar-refractivity contribution in [1.29, 1.82) is 0 Å². The predicted octanol–water partition coefficient (Wildman–Crippen LogP) is 5.00. The van der Waals surface area contributed by atoms with Crippen molar-refractivity contribution < 1.29 is 4.79 Å². The average molecular weight is 403 g/mol. The predicted molar refractivity (Wildman–Crippen MR) is 119 cm³/mol. The summed E-state index contributed by atoms with van der Waals surface area (Å²) in [5.74, 6) is 0.763. The zero-order chi connectivity index (χ0) is 20.4. The molecule has 146 valence electrons. The van der Waals surface area contributed by atoms with E-state index in [9.17, 15) is 9.59 Å². The molecule has 0 unspecified atom stereocenters. The van der Waals surface area contributed by atoms with E-state index in [0.717, 1.165) is 21.5 Å². The third kappa shape index (κ3) is 4.05.